The van der Waals surface area contributed by atoms with Gasteiger partial charge in [-0.3, -0.25) is 4.72 Å². The van der Waals surface area contributed by atoms with Crippen molar-refractivity contribution in [2.24, 2.45) is 5.73 Å². The molecule has 2 aromatic rings. The summed E-state index contributed by atoms with van der Waals surface area (Å²) < 4.78 is 72.6. The van der Waals surface area contributed by atoms with E-state index >= 15 is 0 Å². The normalized spacial score (nSPS) is 15.7. The highest BCUT2D eigenvalue weighted by Crippen LogP contribution is 2.33. The molecular formula is C20H25F3IN5O2S. The Morgan fingerprint density at radius 1 is 1.06 bits per heavy atom. The minimum atomic E-state index is -4.03. The Labute approximate surface area is 199 Å². The van der Waals surface area contributed by atoms with Crippen molar-refractivity contribution in [3.05, 3.63) is 51.4 Å². The number of nitrogens with zero attached hydrogens (tertiary/aromatic N) is 1. The zero-order valence-electron chi connectivity index (χ0n) is 17.2. The number of benzene rings is 2. The van der Waals surface area contributed by atoms with E-state index in [9.17, 15) is 21.6 Å². The van der Waals surface area contributed by atoms with Gasteiger partial charge in [-0.15, -0.1) is 0 Å². The molecule has 1 aliphatic rings. The molecule has 0 unspecified atom stereocenters. The Bertz CT molecular complexity index is 1050. The first-order valence-electron chi connectivity index (χ1n) is 10.1. The second-order valence-corrected chi connectivity index (χ2v) is 10.3. The fraction of sp³-hybridized carbons (Fsp3) is 0.400. The van der Waals surface area contributed by atoms with Crippen molar-refractivity contribution in [1.82, 2.24) is 9.62 Å². The van der Waals surface area contributed by atoms with Crippen LogP contribution in [0.4, 0.5) is 30.2 Å². The van der Waals surface area contributed by atoms with Crippen molar-refractivity contribution in [2.45, 2.75) is 25.3 Å². The Hall–Kier alpha value is -1.61. The molecule has 0 saturated carbocycles. The molecule has 2 aromatic carbocycles. The Kier molecular flexibility index (Phi) is 8.61. The molecule has 7 nitrogen and oxygen atoms in total. The van der Waals surface area contributed by atoms with E-state index in [1.165, 1.54) is 16.4 Å². The highest BCUT2D eigenvalue weighted by atomic mass is 127. The van der Waals surface area contributed by atoms with E-state index in [0.29, 0.717) is 23.0 Å². The van der Waals surface area contributed by atoms with Crippen LogP contribution in [0.1, 0.15) is 19.3 Å². The van der Waals surface area contributed by atoms with Crippen LogP contribution < -0.4 is 21.1 Å². The molecule has 0 spiro atoms. The van der Waals surface area contributed by atoms with Crippen molar-refractivity contribution in [3.63, 3.8) is 0 Å². The van der Waals surface area contributed by atoms with Gasteiger partial charge in [0, 0.05) is 22.7 Å². The molecule has 12 heteroatoms. The maximum absolute atomic E-state index is 14.5. The predicted molar refractivity (Wildman–Crippen MR) is 128 cm³/mol. The SMILES string of the molecule is NCCCNC1CCN(S(=O)(=O)Nc2ccc(F)c(F)c2Nc2ccc(I)cc2F)CC1. The molecule has 1 saturated heterocycles. The maximum Gasteiger partial charge on any atom is 0.301 e. The lowest BCUT2D eigenvalue weighted by molar-refractivity contribution is 0.291. The van der Waals surface area contributed by atoms with Gasteiger partial charge in [0.25, 0.3) is 0 Å². The minimum Gasteiger partial charge on any atom is -0.349 e. The van der Waals surface area contributed by atoms with Gasteiger partial charge in [0.2, 0.25) is 0 Å². The van der Waals surface area contributed by atoms with Crippen LogP contribution in [-0.2, 0) is 10.2 Å². The molecule has 3 rings (SSSR count). The highest BCUT2D eigenvalue weighted by molar-refractivity contribution is 14.1. The number of hydrogen-bond donors (Lipinski definition) is 4. The lowest BCUT2D eigenvalue weighted by Crippen LogP contribution is -2.47. The van der Waals surface area contributed by atoms with Crippen molar-refractivity contribution < 1.29 is 21.6 Å². The summed E-state index contributed by atoms with van der Waals surface area (Å²) in [5.41, 5.74) is 4.66. The van der Waals surface area contributed by atoms with Crippen LogP contribution >= 0.6 is 22.6 Å². The van der Waals surface area contributed by atoms with Gasteiger partial charge in [0.15, 0.2) is 11.6 Å². The van der Waals surface area contributed by atoms with Crippen molar-refractivity contribution in [3.8, 4) is 0 Å². The molecule has 1 aliphatic heterocycles. The van der Waals surface area contributed by atoms with Gasteiger partial charge in [0.05, 0.1) is 11.4 Å². The number of rotatable bonds is 9. The third-order valence-electron chi connectivity index (χ3n) is 5.13. The third kappa shape index (κ3) is 6.25. The molecule has 0 amide bonds. The number of anilines is 3. The maximum atomic E-state index is 14.5. The van der Waals surface area contributed by atoms with E-state index in [4.69, 9.17) is 5.73 Å². The average molecular weight is 583 g/mol. The van der Waals surface area contributed by atoms with Gasteiger partial charge in [0.1, 0.15) is 11.5 Å². The Morgan fingerprint density at radius 2 is 1.75 bits per heavy atom. The highest BCUT2D eigenvalue weighted by Gasteiger charge is 2.29. The minimum absolute atomic E-state index is 0.111. The zero-order valence-corrected chi connectivity index (χ0v) is 20.1. The third-order valence-corrected chi connectivity index (χ3v) is 7.33. The van der Waals surface area contributed by atoms with Crippen LogP contribution in [-0.4, -0.2) is 44.9 Å². The first kappa shape index (κ1) is 25.0. The second kappa shape index (κ2) is 11.0. The van der Waals surface area contributed by atoms with Crippen LogP contribution in [0.15, 0.2) is 30.3 Å². The smallest absolute Gasteiger partial charge is 0.301 e. The monoisotopic (exact) mass is 583 g/mol. The lowest BCUT2D eigenvalue weighted by atomic mass is 10.1. The van der Waals surface area contributed by atoms with Gasteiger partial charge >= 0.3 is 10.2 Å². The summed E-state index contributed by atoms with van der Waals surface area (Å²) in [6.07, 6.45) is 2.07. The fourth-order valence-corrected chi connectivity index (χ4v) is 5.12. The van der Waals surface area contributed by atoms with Gasteiger partial charge in [-0.25, -0.2) is 13.2 Å². The summed E-state index contributed by atoms with van der Waals surface area (Å²) in [6, 6.07) is 6.27. The van der Waals surface area contributed by atoms with Gasteiger partial charge in [-0.05, 0) is 85.3 Å². The number of nitrogens with two attached hydrogens (primary N) is 1. The molecule has 0 aliphatic carbocycles. The van der Waals surface area contributed by atoms with Gasteiger partial charge in [-0.2, -0.15) is 12.7 Å². The topological polar surface area (TPSA) is 99.5 Å². The van der Waals surface area contributed by atoms with Crippen molar-refractivity contribution >= 4 is 49.9 Å². The summed E-state index contributed by atoms with van der Waals surface area (Å²) in [5, 5.41) is 5.82. The lowest BCUT2D eigenvalue weighted by Gasteiger charge is -2.32. The molecule has 176 valence electrons. The first-order chi connectivity index (χ1) is 15.2. The van der Waals surface area contributed by atoms with E-state index < -0.39 is 33.3 Å². The van der Waals surface area contributed by atoms with Crippen LogP contribution in [0.5, 0.6) is 0 Å². The number of halogens is 4. The molecule has 0 atom stereocenters. The Morgan fingerprint density at radius 3 is 2.41 bits per heavy atom. The summed E-state index contributed by atoms with van der Waals surface area (Å²) in [5.74, 6) is -3.18. The predicted octanol–water partition coefficient (Wildman–Crippen LogP) is 3.51. The van der Waals surface area contributed by atoms with Crippen LogP contribution in [0.25, 0.3) is 0 Å². The van der Waals surface area contributed by atoms with Crippen molar-refractivity contribution in [2.75, 3.05) is 36.2 Å². The number of piperidine rings is 1. The quantitative estimate of drug-likeness (QED) is 0.268. The summed E-state index contributed by atoms with van der Waals surface area (Å²) in [6.45, 7) is 1.90. The van der Waals surface area contributed by atoms with Crippen LogP contribution in [0.2, 0.25) is 0 Å². The van der Waals surface area contributed by atoms with Crippen LogP contribution in [0.3, 0.4) is 0 Å². The van der Waals surface area contributed by atoms with E-state index in [-0.39, 0.29) is 30.5 Å². The molecule has 5 N–H and O–H groups in total. The summed E-state index contributed by atoms with van der Waals surface area (Å²) in [4.78, 5) is 0. The molecule has 0 bridgehead atoms. The molecule has 32 heavy (non-hydrogen) atoms. The molecule has 0 aromatic heterocycles. The first-order valence-corrected chi connectivity index (χ1v) is 12.6. The molecular weight excluding hydrogens is 558 g/mol. The fourth-order valence-electron chi connectivity index (χ4n) is 3.40. The van der Waals surface area contributed by atoms with Gasteiger partial charge in [-0.1, -0.05) is 0 Å². The van der Waals surface area contributed by atoms with Gasteiger partial charge < -0.3 is 16.4 Å². The second-order valence-electron chi connectivity index (χ2n) is 7.41. The molecule has 1 fully saturated rings. The van der Waals surface area contributed by atoms with E-state index in [2.05, 4.69) is 15.4 Å². The average Bonchev–Trinajstić information content (AvgIpc) is 2.75. The standard InChI is InChI=1S/C20H25F3IN5O2S/c21-15-3-5-18(20(19(15)23)27-17-4-2-13(24)12-16(17)22)28-32(30,31)29-10-6-14(7-11-29)26-9-1-8-25/h2-5,12,14,26-28H,1,6-11,25H2. The summed E-state index contributed by atoms with van der Waals surface area (Å²) >= 11 is 1.92. The van der Waals surface area contributed by atoms with Crippen molar-refractivity contribution in [1.29, 1.82) is 0 Å². The van der Waals surface area contributed by atoms with E-state index in [1.807, 2.05) is 22.6 Å². The Balaban J connectivity index is 1.76. The van der Waals surface area contributed by atoms with E-state index in [1.54, 1.807) is 6.07 Å². The zero-order chi connectivity index (χ0) is 23.3. The van der Waals surface area contributed by atoms with E-state index in [0.717, 1.165) is 25.1 Å². The number of nitrogens with one attached hydrogen (secondary N) is 3. The summed E-state index contributed by atoms with van der Waals surface area (Å²) in [7, 11) is -4.03. The largest absolute Gasteiger partial charge is 0.349 e. The molecule has 1 heterocycles. The molecule has 0 radical (unpaired) electrons. The number of hydrogen-bond acceptors (Lipinski definition) is 5. The van der Waals surface area contributed by atoms with Crippen LogP contribution in [0, 0.1) is 21.0 Å².